The van der Waals surface area contributed by atoms with Gasteiger partial charge in [-0.25, -0.2) is 4.79 Å². The Morgan fingerprint density at radius 2 is 2.27 bits per heavy atom. The number of nitrogens with one attached hydrogen (secondary N) is 1. The Bertz CT molecular complexity index is 422. The van der Waals surface area contributed by atoms with Crippen molar-refractivity contribution in [2.45, 2.75) is 6.92 Å². The van der Waals surface area contributed by atoms with E-state index in [1.54, 1.807) is 4.90 Å². The summed E-state index contributed by atoms with van der Waals surface area (Å²) in [5, 5.41) is 3.43. The molecule has 0 aliphatic carbocycles. The first-order chi connectivity index (χ1) is 7.09. The number of benzene rings is 1. The molecule has 2 amide bonds. The average Bonchev–Trinajstić information content (AvgIpc) is 2.58. The maximum Gasteiger partial charge on any atom is 0.322 e. The third-order valence-electron chi connectivity index (χ3n) is 2.38. The summed E-state index contributed by atoms with van der Waals surface area (Å²) in [4.78, 5) is 13.2. The van der Waals surface area contributed by atoms with Crippen molar-refractivity contribution in [2.75, 3.05) is 18.0 Å². The third kappa shape index (κ3) is 1.96. The summed E-state index contributed by atoms with van der Waals surface area (Å²) in [6.45, 7) is 3.29. The fraction of sp³-hybridized carbons (Fsp3) is 0.300. The van der Waals surface area contributed by atoms with Gasteiger partial charge in [-0.05, 0) is 40.5 Å². The van der Waals surface area contributed by atoms with Gasteiger partial charge in [-0.3, -0.25) is 4.90 Å². The van der Waals surface area contributed by atoms with Crippen molar-refractivity contribution in [3.05, 3.63) is 27.2 Å². The van der Waals surface area contributed by atoms with E-state index in [2.05, 4.69) is 21.2 Å². The van der Waals surface area contributed by atoms with Crippen LogP contribution < -0.4 is 10.2 Å². The van der Waals surface area contributed by atoms with Crippen LogP contribution in [0.5, 0.6) is 0 Å². The van der Waals surface area contributed by atoms with Crippen LogP contribution in [0.1, 0.15) is 5.56 Å². The molecule has 0 unspecified atom stereocenters. The van der Waals surface area contributed by atoms with Gasteiger partial charge in [-0.15, -0.1) is 0 Å². The maximum absolute atomic E-state index is 11.5. The number of aryl methyl sites for hydroxylation is 1. The van der Waals surface area contributed by atoms with Crippen LogP contribution in [0.25, 0.3) is 0 Å². The topological polar surface area (TPSA) is 32.3 Å². The highest BCUT2D eigenvalue weighted by Gasteiger charge is 2.23. The van der Waals surface area contributed by atoms with E-state index in [0.717, 1.165) is 15.7 Å². The Kier molecular flexibility index (Phi) is 2.89. The van der Waals surface area contributed by atoms with Crippen LogP contribution in [0.3, 0.4) is 0 Å². The van der Waals surface area contributed by atoms with Crippen molar-refractivity contribution in [3.8, 4) is 0 Å². The van der Waals surface area contributed by atoms with Crippen LogP contribution in [0, 0.1) is 6.92 Å². The molecule has 1 saturated heterocycles. The molecule has 1 fully saturated rings. The molecule has 0 saturated carbocycles. The van der Waals surface area contributed by atoms with Gasteiger partial charge in [0.15, 0.2) is 0 Å². The monoisotopic (exact) mass is 288 g/mol. The van der Waals surface area contributed by atoms with Gasteiger partial charge in [0.25, 0.3) is 0 Å². The minimum atomic E-state index is -0.0735. The molecule has 0 aromatic heterocycles. The zero-order chi connectivity index (χ0) is 11.0. The molecule has 1 N–H and O–H groups in total. The molecule has 1 aromatic rings. The van der Waals surface area contributed by atoms with E-state index in [9.17, 15) is 4.79 Å². The smallest absolute Gasteiger partial charge is 0.322 e. The average molecular weight is 290 g/mol. The number of urea groups is 1. The highest BCUT2D eigenvalue weighted by molar-refractivity contribution is 9.10. The van der Waals surface area contributed by atoms with Gasteiger partial charge >= 0.3 is 6.03 Å². The molecule has 5 heteroatoms. The summed E-state index contributed by atoms with van der Waals surface area (Å²) in [6, 6.07) is 3.66. The van der Waals surface area contributed by atoms with E-state index in [1.165, 1.54) is 0 Å². The molecule has 80 valence electrons. The predicted molar refractivity (Wildman–Crippen MR) is 64.6 cm³/mol. The molecule has 1 aliphatic heterocycles. The summed E-state index contributed by atoms with van der Waals surface area (Å²) >= 11 is 9.47. The van der Waals surface area contributed by atoms with Gasteiger partial charge in [0.1, 0.15) is 0 Å². The van der Waals surface area contributed by atoms with E-state index in [4.69, 9.17) is 11.6 Å². The fourth-order valence-electron chi connectivity index (χ4n) is 1.54. The quantitative estimate of drug-likeness (QED) is 0.847. The SMILES string of the molecule is Cc1cc(Br)c(N2CCNC2=O)cc1Cl. The fourth-order valence-corrected chi connectivity index (χ4v) is 2.37. The number of carbonyl (C=O) groups is 1. The number of carbonyl (C=O) groups excluding carboxylic acids is 1. The molecule has 1 heterocycles. The van der Waals surface area contributed by atoms with Crippen molar-refractivity contribution in [1.82, 2.24) is 5.32 Å². The lowest BCUT2D eigenvalue weighted by molar-refractivity contribution is 0.252. The minimum absolute atomic E-state index is 0.0735. The molecule has 0 atom stereocenters. The number of anilines is 1. The Morgan fingerprint density at radius 1 is 1.53 bits per heavy atom. The van der Waals surface area contributed by atoms with E-state index in [1.807, 2.05) is 19.1 Å². The summed E-state index contributed by atoms with van der Waals surface area (Å²) in [5.41, 5.74) is 1.81. The van der Waals surface area contributed by atoms with Crippen molar-refractivity contribution < 1.29 is 4.79 Å². The Labute approximate surface area is 102 Å². The van der Waals surface area contributed by atoms with Crippen molar-refractivity contribution in [3.63, 3.8) is 0 Å². The van der Waals surface area contributed by atoms with Crippen molar-refractivity contribution in [1.29, 1.82) is 0 Å². The highest BCUT2D eigenvalue weighted by atomic mass is 79.9. The lowest BCUT2D eigenvalue weighted by Gasteiger charge is -2.17. The van der Waals surface area contributed by atoms with Gasteiger partial charge in [0.2, 0.25) is 0 Å². The van der Waals surface area contributed by atoms with Gasteiger partial charge in [0, 0.05) is 22.6 Å². The molecule has 1 aliphatic rings. The second-order valence-electron chi connectivity index (χ2n) is 3.44. The van der Waals surface area contributed by atoms with Crippen LogP contribution in [-0.4, -0.2) is 19.1 Å². The van der Waals surface area contributed by atoms with E-state index < -0.39 is 0 Å². The predicted octanol–water partition coefficient (Wildman–Crippen LogP) is 2.94. The first kappa shape index (κ1) is 10.8. The van der Waals surface area contributed by atoms with Crippen molar-refractivity contribution >= 4 is 39.2 Å². The molecule has 15 heavy (non-hydrogen) atoms. The van der Waals surface area contributed by atoms with Crippen LogP contribution in [0.2, 0.25) is 5.02 Å². The number of hydrogen-bond donors (Lipinski definition) is 1. The summed E-state index contributed by atoms with van der Waals surface area (Å²) < 4.78 is 0.890. The second kappa shape index (κ2) is 4.02. The van der Waals surface area contributed by atoms with Crippen molar-refractivity contribution in [2.24, 2.45) is 0 Å². The molecule has 0 spiro atoms. The van der Waals surface area contributed by atoms with Crippen LogP contribution in [-0.2, 0) is 0 Å². The number of hydrogen-bond acceptors (Lipinski definition) is 1. The maximum atomic E-state index is 11.5. The molecule has 2 rings (SSSR count). The van der Waals surface area contributed by atoms with Gasteiger partial charge in [-0.2, -0.15) is 0 Å². The van der Waals surface area contributed by atoms with Crippen LogP contribution >= 0.6 is 27.5 Å². The molecular formula is C10H10BrClN2O. The van der Waals surface area contributed by atoms with Gasteiger partial charge in [0.05, 0.1) is 5.69 Å². The third-order valence-corrected chi connectivity index (χ3v) is 3.42. The number of rotatable bonds is 1. The Hall–Kier alpha value is -0.740. The summed E-state index contributed by atoms with van der Waals surface area (Å²) in [5.74, 6) is 0. The minimum Gasteiger partial charge on any atom is -0.336 e. The number of amides is 2. The highest BCUT2D eigenvalue weighted by Crippen LogP contribution is 2.32. The number of nitrogens with zero attached hydrogens (tertiary/aromatic N) is 1. The first-order valence-electron chi connectivity index (χ1n) is 4.60. The first-order valence-corrected chi connectivity index (χ1v) is 5.77. The lowest BCUT2D eigenvalue weighted by Crippen LogP contribution is -2.27. The molecular weight excluding hydrogens is 279 g/mol. The molecule has 0 radical (unpaired) electrons. The van der Waals surface area contributed by atoms with Gasteiger partial charge < -0.3 is 5.32 Å². The second-order valence-corrected chi connectivity index (χ2v) is 4.70. The van der Waals surface area contributed by atoms with E-state index in [0.29, 0.717) is 18.1 Å². The largest absolute Gasteiger partial charge is 0.336 e. The van der Waals surface area contributed by atoms with Gasteiger partial charge in [-0.1, -0.05) is 11.6 Å². The van der Waals surface area contributed by atoms with E-state index >= 15 is 0 Å². The van der Waals surface area contributed by atoms with Crippen LogP contribution in [0.4, 0.5) is 10.5 Å². The number of halogens is 2. The Balaban J connectivity index is 2.43. The molecule has 0 bridgehead atoms. The molecule has 1 aromatic carbocycles. The van der Waals surface area contributed by atoms with E-state index in [-0.39, 0.29) is 6.03 Å². The standard InChI is InChI=1S/C10H10BrClN2O/c1-6-4-7(11)9(5-8(6)12)14-3-2-13-10(14)15/h4-5H,2-3H2,1H3,(H,13,15). The zero-order valence-corrected chi connectivity index (χ0v) is 10.5. The van der Waals surface area contributed by atoms with Crippen LogP contribution in [0.15, 0.2) is 16.6 Å². The summed E-state index contributed by atoms with van der Waals surface area (Å²) in [6.07, 6.45) is 0. The lowest BCUT2D eigenvalue weighted by atomic mass is 10.2. The Morgan fingerprint density at radius 3 is 2.87 bits per heavy atom. The molecule has 3 nitrogen and oxygen atoms in total. The normalized spacial score (nSPS) is 15.7. The summed E-state index contributed by atoms with van der Waals surface area (Å²) in [7, 11) is 0. The zero-order valence-electron chi connectivity index (χ0n) is 8.18.